The van der Waals surface area contributed by atoms with Crippen LogP contribution in [0.25, 0.3) is 0 Å². The quantitative estimate of drug-likeness (QED) is 0.552. The van der Waals surface area contributed by atoms with Crippen LogP contribution in [0, 0.1) is 5.82 Å². The van der Waals surface area contributed by atoms with Gasteiger partial charge in [-0.15, -0.1) is 0 Å². The van der Waals surface area contributed by atoms with Crippen molar-refractivity contribution in [1.29, 1.82) is 0 Å². The van der Waals surface area contributed by atoms with Gasteiger partial charge in [0, 0.05) is 38.2 Å². The number of anilines is 1. The summed E-state index contributed by atoms with van der Waals surface area (Å²) in [5.41, 5.74) is 1.43. The minimum absolute atomic E-state index is 0.105. The molecule has 3 N–H and O–H groups in total. The number of amides is 4. The number of carbonyl (C=O) groups excluding carboxylic acids is 3. The molecule has 8 nitrogen and oxygen atoms in total. The maximum Gasteiger partial charge on any atom is 0.321 e. The van der Waals surface area contributed by atoms with Crippen molar-refractivity contribution >= 4 is 23.5 Å². The largest absolute Gasteiger partial charge is 0.494 e. The summed E-state index contributed by atoms with van der Waals surface area (Å²) in [5.74, 6) is -0.225. The number of piperidine rings is 1. The second-order valence-electron chi connectivity index (χ2n) is 8.24. The summed E-state index contributed by atoms with van der Waals surface area (Å²) in [4.78, 5) is 38.7. The highest BCUT2D eigenvalue weighted by Crippen LogP contribution is 2.18. The van der Waals surface area contributed by atoms with E-state index in [4.69, 9.17) is 4.74 Å². The van der Waals surface area contributed by atoms with E-state index in [-0.39, 0.29) is 36.1 Å². The normalized spacial score (nSPS) is 14.7. The minimum atomic E-state index is -0.760. The number of hydrogen-bond donors (Lipinski definition) is 3. The first-order chi connectivity index (χ1) is 16.3. The van der Waals surface area contributed by atoms with E-state index in [0.717, 1.165) is 11.3 Å². The molecule has 1 heterocycles. The van der Waals surface area contributed by atoms with Crippen LogP contribution in [0.1, 0.15) is 32.3 Å². The summed E-state index contributed by atoms with van der Waals surface area (Å²) < 4.78 is 18.6. The van der Waals surface area contributed by atoms with E-state index in [9.17, 15) is 18.8 Å². The predicted molar refractivity (Wildman–Crippen MR) is 127 cm³/mol. The maximum absolute atomic E-state index is 13.2. The van der Waals surface area contributed by atoms with Crippen molar-refractivity contribution in [3.05, 3.63) is 59.9 Å². The van der Waals surface area contributed by atoms with Gasteiger partial charge in [-0.05, 0) is 61.7 Å². The van der Waals surface area contributed by atoms with E-state index >= 15 is 0 Å². The molecule has 0 aliphatic carbocycles. The highest BCUT2D eigenvalue weighted by Gasteiger charge is 2.27. The Hall–Kier alpha value is -3.62. The number of benzene rings is 2. The van der Waals surface area contributed by atoms with E-state index in [1.807, 2.05) is 6.92 Å². The van der Waals surface area contributed by atoms with Crippen LogP contribution >= 0.6 is 0 Å². The highest BCUT2D eigenvalue weighted by molar-refractivity contribution is 5.89. The molecule has 1 saturated heterocycles. The lowest BCUT2D eigenvalue weighted by molar-refractivity contribution is -0.128. The fraction of sp³-hybridized carbons (Fsp3) is 0.400. The fourth-order valence-corrected chi connectivity index (χ4v) is 3.84. The van der Waals surface area contributed by atoms with Gasteiger partial charge in [0.2, 0.25) is 11.8 Å². The summed E-state index contributed by atoms with van der Waals surface area (Å²) in [6.07, 6.45) is 1.46. The topological polar surface area (TPSA) is 99.8 Å². The Morgan fingerprint density at radius 2 is 1.71 bits per heavy atom. The number of hydrogen-bond acceptors (Lipinski definition) is 4. The lowest BCUT2D eigenvalue weighted by atomic mass is 10.0. The maximum atomic E-state index is 13.2. The first-order valence-corrected chi connectivity index (χ1v) is 11.4. The molecule has 2 aromatic rings. The van der Waals surface area contributed by atoms with Gasteiger partial charge in [-0.25, -0.2) is 9.18 Å². The lowest BCUT2D eigenvalue weighted by Gasteiger charge is -2.33. The Bertz CT molecular complexity index is 973. The highest BCUT2D eigenvalue weighted by atomic mass is 19.1. The van der Waals surface area contributed by atoms with Crippen molar-refractivity contribution < 1.29 is 23.5 Å². The number of urea groups is 1. The van der Waals surface area contributed by atoms with Crippen molar-refractivity contribution in [3.8, 4) is 5.75 Å². The fourth-order valence-electron chi connectivity index (χ4n) is 3.84. The molecular weight excluding hydrogens is 439 g/mol. The van der Waals surface area contributed by atoms with E-state index in [1.165, 1.54) is 19.1 Å². The summed E-state index contributed by atoms with van der Waals surface area (Å²) in [6.45, 7) is 4.84. The van der Waals surface area contributed by atoms with E-state index < -0.39 is 6.04 Å². The number of ether oxygens (including phenoxy) is 1. The summed E-state index contributed by atoms with van der Waals surface area (Å²) >= 11 is 0. The van der Waals surface area contributed by atoms with Crippen molar-refractivity contribution in [2.24, 2.45) is 0 Å². The second-order valence-corrected chi connectivity index (χ2v) is 8.24. The molecule has 0 saturated carbocycles. The molecule has 1 aliphatic rings. The van der Waals surface area contributed by atoms with Crippen LogP contribution in [0.4, 0.5) is 14.9 Å². The second kappa shape index (κ2) is 12.0. The van der Waals surface area contributed by atoms with Crippen molar-refractivity contribution in [2.45, 2.75) is 45.2 Å². The predicted octanol–water partition coefficient (Wildman–Crippen LogP) is 3.08. The summed E-state index contributed by atoms with van der Waals surface area (Å²) in [6, 6.07) is 12.0. The van der Waals surface area contributed by atoms with Gasteiger partial charge in [0.1, 0.15) is 17.6 Å². The molecule has 0 radical (unpaired) electrons. The zero-order valence-electron chi connectivity index (χ0n) is 19.5. The number of halogens is 1. The Kier molecular flexibility index (Phi) is 8.84. The van der Waals surface area contributed by atoms with Crippen LogP contribution in [0.3, 0.4) is 0 Å². The standard InChI is InChI=1S/C25H31FN4O4/c1-3-34-22-10-8-20(9-11-22)29-25(33)30-14-12-21(13-15-30)28-24(32)23(27-17(2)31)16-18-4-6-19(26)7-5-18/h4-11,21,23H,3,12-16H2,1-2H3,(H,27,31)(H,28,32)(H,29,33). The molecule has 0 spiro atoms. The molecule has 1 fully saturated rings. The molecule has 1 unspecified atom stereocenters. The van der Waals surface area contributed by atoms with Crippen LogP contribution in [-0.2, 0) is 16.0 Å². The molecule has 3 rings (SSSR count). The third-order valence-electron chi connectivity index (χ3n) is 5.59. The lowest BCUT2D eigenvalue weighted by Crippen LogP contribution is -2.53. The van der Waals surface area contributed by atoms with Gasteiger partial charge in [0.05, 0.1) is 6.61 Å². The van der Waals surface area contributed by atoms with Crippen molar-refractivity contribution in [3.63, 3.8) is 0 Å². The molecule has 182 valence electrons. The Balaban J connectivity index is 1.49. The molecule has 1 atom stereocenters. The van der Waals surface area contributed by atoms with Crippen LogP contribution in [0.15, 0.2) is 48.5 Å². The number of nitrogens with one attached hydrogen (secondary N) is 3. The number of nitrogens with zero attached hydrogens (tertiary/aromatic N) is 1. The molecule has 0 aromatic heterocycles. The molecule has 0 bridgehead atoms. The Morgan fingerprint density at radius 1 is 1.06 bits per heavy atom. The molecule has 4 amide bonds. The third-order valence-corrected chi connectivity index (χ3v) is 5.59. The van der Waals surface area contributed by atoms with E-state index in [0.29, 0.717) is 38.2 Å². The Morgan fingerprint density at radius 3 is 2.29 bits per heavy atom. The number of carbonyl (C=O) groups is 3. The van der Waals surface area contributed by atoms with E-state index in [1.54, 1.807) is 41.3 Å². The van der Waals surface area contributed by atoms with Crippen molar-refractivity contribution in [2.75, 3.05) is 25.0 Å². The molecule has 2 aromatic carbocycles. The number of likely N-dealkylation sites (tertiary alicyclic amines) is 1. The van der Waals surface area contributed by atoms with Crippen LogP contribution < -0.4 is 20.7 Å². The zero-order valence-corrected chi connectivity index (χ0v) is 19.5. The van der Waals surface area contributed by atoms with Gasteiger partial charge < -0.3 is 25.6 Å². The SMILES string of the molecule is CCOc1ccc(NC(=O)N2CCC(NC(=O)C(Cc3ccc(F)cc3)NC(C)=O)CC2)cc1. The zero-order chi connectivity index (χ0) is 24.5. The van der Waals surface area contributed by atoms with Gasteiger partial charge in [-0.3, -0.25) is 9.59 Å². The average molecular weight is 471 g/mol. The summed E-state index contributed by atoms with van der Waals surface area (Å²) in [7, 11) is 0. The number of rotatable bonds is 8. The monoisotopic (exact) mass is 470 g/mol. The average Bonchev–Trinajstić information content (AvgIpc) is 2.81. The van der Waals surface area contributed by atoms with Gasteiger partial charge in [0.15, 0.2) is 0 Å². The molecule has 9 heteroatoms. The summed E-state index contributed by atoms with van der Waals surface area (Å²) in [5, 5.41) is 8.53. The van der Waals surface area contributed by atoms with Gasteiger partial charge in [-0.2, -0.15) is 0 Å². The van der Waals surface area contributed by atoms with Gasteiger partial charge >= 0.3 is 6.03 Å². The van der Waals surface area contributed by atoms with Crippen LogP contribution in [0.5, 0.6) is 5.75 Å². The van der Waals surface area contributed by atoms with Crippen LogP contribution in [0.2, 0.25) is 0 Å². The third kappa shape index (κ3) is 7.47. The van der Waals surface area contributed by atoms with Crippen LogP contribution in [-0.4, -0.2) is 54.5 Å². The van der Waals surface area contributed by atoms with Gasteiger partial charge in [0.25, 0.3) is 0 Å². The minimum Gasteiger partial charge on any atom is -0.494 e. The first kappa shape index (κ1) is 25.0. The Labute approximate surface area is 198 Å². The van der Waals surface area contributed by atoms with Gasteiger partial charge in [-0.1, -0.05) is 12.1 Å². The molecular formula is C25H31FN4O4. The molecule has 34 heavy (non-hydrogen) atoms. The smallest absolute Gasteiger partial charge is 0.321 e. The van der Waals surface area contributed by atoms with E-state index in [2.05, 4.69) is 16.0 Å². The van der Waals surface area contributed by atoms with Crippen molar-refractivity contribution in [1.82, 2.24) is 15.5 Å². The molecule has 1 aliphatic heterocycles. The first-order valence-electron chi connectivity index (χ1n) is 11.4.